The quantitative estimate of drug-likeness (QED) is 0.213. The zero-order valence-electron chi connectivity index (χ0n) is 28.3. The lowest BCUT2D eigenvalue weighted by molar-refractivity contribution is 0.255. The van der Waals surface area contributed by atoms with Crippen LogP contribution in [0.2, 0.25) is 20.1 Å². The largest absolute Gasteiger partial charge is 0.317 e. The van der Waals surface area contributed by atoms with Crippen molar-refractivity contribution < 1.29 is 8.42 Å². The van der Waals surface area contributed by atoms with Gasteiger partial charge in [0.15, 0.2) is 0 Å². The Hall–Kier alpha value is -1.31. The maximum atomic E-state index is 11.7. The monoisotopic (exact) mass is 927 g/mol. The number of aromatic nitrogens is 2. The summed E-state index contributed by atoms with van der Waals surface area (Å²) in [6, 6.07) is 12.1. The number of fused-ring (bicyclic) bond motifs is 4. The topological polar surface area (TPSA) is 101 Å². The van der Waals surface area contributed by atoms with E-state index >= 15 is 0 Å². The predicted octanol–water partition coefficient (Wildman–Crippen LogP) is 9.68. The number of piperidine rings is 2. The zero-order chi connectivity index (χ0) is 36.7. The van der Waals surface area contributed by atoms with E-state index in [1.165, 1.54) is 32.3 Å². The van der Waals surface area contributed by atoms with Crippen LogP contribution in [0.4, 0.5) is 0 Å². The van der Waals surface area contributed by atoms with Gasteiger partial charge in [0.05, 0.1) is 11.4 Å². The molecule has 3 N–H and O–H groups in total. The van der Waals surface area contributed by atoms with E-state index in [9.17, 15) is 8.42 Å². The van der Waals surface area contributed by atoms with E-state index < -0.39 is 10.2 Å². The van der Waals surface area contributed by atoms with Gasteiger partial charge in [-0.05, 0) is 178 Å². The summed E-state index contributed by atoms with van der Waals surface area (Å²) in [7, 11) is -3.66. The molecule has 2 saturated heterocycles. The molecule has 2 aromatic carbocycles. The summed E-state index contributed by atoms with van der Waals surface area (Å²) in [5.74, 6) is 1.06. The van der Waals surface area contributed by atoms with Crippen LogP contribution in [-0.4, -0.2) is 48.9 Å². The summed E-state index contributed by atoms with van der Waals surface area (Å²) in [6.45, 7) is 2.94. The Bertz CT molecular complexity index is 2090. The van der Waals surface area contributed by atoms with Crippen LogP contribution in [0.25, 0.3) is 0 Å². The molecule has 0 saturated carbocycles. The van der Waals surface area contributed by atoms with Crippen molar-refractivity contribution in [2.45, 2.75) is 63.2 Å². The first kappa shape index (κ1) is 38.9. The highest BCUT2D eigenvalue weighted by Gasteiger charge is 2.38. The summed E-state index contributed by atoms with van der Waals surface area (Å²) in [5.41, 5.74) is 9.51. The van der Waals surface area contributed by atoms with Gasteiger partial charge in [-0.3, -0.25) is 9.97 Å². The second-order valence-corrected chi connectivity index (χ2v) is 19.2. The first-order valence-corrected chi connectivity index (χ1v) is 22.2. The fourth-order valence-electron chi connectivity index (χ4n) is 8.70. The molecule has 2 atom stereocenters. The van der Waals surface area contributed by atoms with E-state index in [4.69, 9.17) is 61.5 Å². The van der Waals surface area contributed by atoms with Crippen molar-refractivity contribution in [3.8, 4) is 0 Å². The van der Waals surface area contributed by atoms with E-state index in [1.807, 2.05) is 24.5 Å². The van der Waals surface area contributed by atoms with E-state index in [-0.39, 0.29) is 17.8 Å². The van der Waals surface area contributed by atoms with Crippen LogP contribution < -0.4 is 10.5 Å². The van der Waals surface area contributed by atoms with Crippen LogP contribution in [0, 0.1) is 11.8 Å². The fourth-order valence-corrected chi connectivity index (χ4v) is 11.5. The number of pyridine rings is 2. The standard InChI is InChI=1S/C19H20BrCl2N3O2S.C19H19BrCl2N2/c20-14-7-13-2-1-12-8-15(21)9-16(22)17(12)18(19(13)24-10-14)11-3-5-25(6-4-11)28(23,26)27;20-14-7-13-2-1-12-8-15(21)9-16(22)17(12)18(19(13)24-10-14)11-3-5-23-6-4-11/h7-11,18H,1-6H2,(H2,23,26,27);7-11,18,23H,1-6H2. The van der Waals surface area contributed by atoms with Gasteiger partial charge in [0.25, 0.3) is 10.2 Å². The predicted molar refractivity (Wildman–Crippen MR) is 218 cm³/mol. The Balaban J connectivity index is 0.000000164. The van der Waals surface area contributed by atoms with Crippen molar-refractivity contribution in [3.05, 3.63) is 123 Å². The van der Waals surface area contributed by atoms with Crippen LogP contribution in [0.15, 0.2) is 57.7 Å². The van der Waals surface area contributed by atoms with Crippen LogP contribution >= 0.6 is 78.3 Å². The van der Waals surface area contributed by atoms with Gasteiger partial charge in [0.2, 0.25) is 0 Å². The van der Waals surface area contributed by atoms with Crippen LogP contribution in [0.1, 0.15) is 82.3 Å². The van der Waals surface area contributed by atoms with E-state index in [2.05, 4.69) is 55.4 Å². The highest BCUT2D eigenvalue weighted by Crippen LogP contribution is 2.47. The second-order valence-electron chi connectivity index (χ2n) is 14.1. The van der Waals surface area contributed by atoms with Crippen molar-refractivity contribution in [2.24, 2.45) is 17.0 Å². The number of hydrogen-bond donors (Lipinski definition) is 2. The molecule has 276 valence electrons. The number of hydrogen-bond acceptors (Lipinski definition) is 5. The number of rotatable bonds is 3. The number of benzene rings is 2. The molecule has 0 bridgehead atoms. The summed E-state index contributed by atoms with van der Waals surface area (Å²) >= 11 is 33.0. The van der Waals surface area contributed by atoms with E-state index in [0.29, 0.717) is 41.9 Å². The van der Waals surface area contributed by atoms with Gasteiger partial charge in [0.1, 0.15) is 0 Å². The Kier molecular flexibility index (Phi) is 12.3. The maximum Gasteiger partial charge on any atom is 0.276 e. The van der Waals surface area contributed by atoms with Crippen LogP contribution in [0.3, 0.4) is 0 Å². The fraction of sp³-hybridized carbons (Fsp3) is 0.421. The maximum absolute atomic E-state index is 11.7. The molecule has 0 amide bonds. The zero-order valence-corrected chi connectivity index (χ0v) is 35.3. The molecule has 0 spiro atoms. The summed E-state index contributed by atoms with van der Waals surface area (Å²) in [5, 5.41) is 11.6. The van der Waals surface area contributed by atoms with E-state index in [1.54, 1.807) is 6.07 Å². The second kappa shape index (κ2) is 16.4. The van der Waals surface area contributed by atoms with Gasteiger partial charge in [0, 0.05) is 66.4 Å². The third kappa shape index (κ3) is 8.42. The van der Waals surface area contributed by atoms with Gasteiger partial charge in [-0.25, -0.2) is 5.14 Å². The molecule has 4 aliphatic rings. The van der Waals surface area contributed by atoms with Gasteiger partial charge < -0.3 is 5.32 Å². The van der Waals surface area contributed by atoms with Gasteiger partial charge in [-0.1, -0.05) is 46.4 Å². The van der Waals surface area contributed by atoms with Crippen molar-refractivity contribution >= 4 is 88.5 Å². The van der Waals surface area contributed by atoms with Crippen molar-refractivity contribution in [2.75, 3.05) is 26.2 Å². The molecule has 4 heterocycles. The number of nitrogens with one attached hydrogen (secondary N) is 1. The molecule has 2 aliphatic carbocycles. The minimum atomic E-state index is -3.66. The lowest BCUT2D eigenvalue weighted by Gasteiger charge is -2.35. The molecule has 2 fully saturated rings. The van der Waals surface area contributed by atoms with E-state index in [0.717, 1.165) is 87.4 Å². The molecular weight excluding hydrogens is 892 g/mol. The molecule has 8 rings (SSSR count). The molecular formula is C38H39Br2Cl4N5O2S. The summed E-state index contributed by atoms with van der Waals surface area (Å²) in [6.07, 6.45) is 11.1. The average molecular weight is 931 g/mol. The van der Waals surface area contributed by atoms with Crippen molar-refractivity contribution in [3.63, 3.8) is 0 Å². The number of nitrogens with zero attached hydrogens (tertiary/aromatic N) is 3. The molecule has 2 aromatic heterocycles. The Morgan fingerprint density at radius 1 is 0.654 bits per heavy atom. The molecule has 2 aliphatic heterocycles. The van der Waals surface area contributed by atoms with Crippen molar-refractivity contribution in [1.29, 1.82) is 0 Å². The minimum Gasteiger partial charge on any atom is -0.317 e. The number of aryl methyl sites for hydroxylation is 4. The Morgan fingerprint density at radius 2 is 1.08 bits per heavy atom. The molecule has 0 radical (unpaired) electrons. The van der Waals surface area contributed by atoms with Gasteiger partial charge in [-0.2, -0.15) is 12.7 Å². The lowest BCUT2D eigenvalue weighted by atomic mass is 9.77. The van der Waals surface area contributed by atoms with Crippen LogP contribution in [-0.2, 0) is 35.9 Å². The smallest absolute Gasteiger partial charge is 0.276 e. The normalized spacial score (nSPS) is 21.1. The van der Waals surface area contributed by atoms with Crippen LogP contribution in [0.5, 0.6) is 0 Å². The molecule has 14 heteroatoms. The highest BCUT2D eigenvalue weighted by atomic mass is 79.9. The highest BCUT2D eigenvalue weighted by molar-refractivity contribution is 9.10. The Labute approximate surface area is 342 Å². The lowest BCUT2D eigenvalue weighted by Crippen LogP contribution is -2.43. The molecule has 7 nitrogen and oxygen atoms in total. The SMILES string of the molecule is Clc1cc(Cl)c2c(c1)CCc1cc(Br)cnc1C2C1CCNCC1.NS(=O)(=O)N1CCC(C2c3ncc(Br)cc3CCc3cc(Cl)cc(Cl)c32)CC1. The van der Waals surface area contributed by atoms with Gasteiger partial charge in [-0.15, -0.1) is 0 Å². The average Bonchev–Trinajstić information content (AvgIpc) is 3.36. The third-order valence-corrected chi connectivity index (χ3v) is 14.0. The first-order chi connectivity index (χ1) is 24.9. The molecule has 52 heavy (non-hydrogen) atoms. The summed E-state index contributed by atoms with van der Waals surface area (Å²) < 4.78 is 26.7. The first-order valence-electron chi connectivity index (χ1n) is 17.6. The molecule has 4 aromatic rings. The number of halogens is 6. The minimum absolute atomic E-state index is 0.00740. The Morgan fingerprint density at radius 3 is 1.52 bits per heavy atom. The third-order valence-electron chi connectivity index (χ3n) is 11.0. The molecule has 2 unspecified atom stereocenters. The van der Waals surface area contributed by atoms with Crippen molar-refractivity contribution in [1.82, 2.24) is 19.6 Å². The van der Waals surface area contributed by atoms with Gasteiger partial charge >= 0.3 is 0 Å². The number of nitrogens with two attached hydrogens (primary N) is 1. The summed E-state index contributed by atoms with van der Waals surface area (Å²) in [4.78, 5) is 9.61.